The minimum atomic E-state index is -0.289. The first kappa shape index (κ1) is 45.5. The van der Waals surface area contributed by atoms with Gasteiger partial charge in [-0.3, -0.25) is 9.59 Å². The van der Waals surface area contributed by atoms with Crippen LogP contribution in [0.15, 0.2) is 24.3 Å². The summed E-state index contributed by atoms with van der Waals surface area (Å²) in [5.41, 5.74) is 0.728. The number of carbonyl (C=O) groups excluding carboxylic acids is 2. The number of hydrogen-bond donors (Lipinski definition) is 1. The Balaban J connectivity index is 1.65. The third-order valence-corrected chi connectivity index (χ3v) is 6.07. The van der Waals surface area contributed by atoms with Crippen LogP contribution in [0.3, 0.4) is 0 Å². The summed E-state index contributed by atoms with van der Waals surface area (Å²) in [5, 5.41) is 2.71. The molecule has 0 bridgehead atoms. The summed E-state index contributed by atoms with van der Waals surface area (Å²) < 4.78 is 70.0. The van der Waals surface area contributed by atoms with E-state index in [1.54, 1.807) is 24.3 Å². The van der Waals surface area contributed by atoms with E-state index >= 15 is 0 Å². The van der Waals surface area contributed by atoms with Crippen LogP contribution in [0, 0.1) is 0 Å². The summed E-state index contributed by atoms with van der Waals surface area (Å²) in [6.45, 7) is 12.2. The normalized spacial score (nSPS) is 11.2. The fourth-order valence-electron chi connectivity index (χ4n) is 3.61. The van der Waals surface area contributed by atoms with E-state index in [4.69, 9.17) is 56.8 Å². The molecule has 16 nitrogen and oxygen atoms in total. The molecule has 0 aliphatic heterocycles. The van der Waals surface area contributed by atoms with Gasteiger partial charge in [0.15, 0.2) is 0 Å². The van der Waals surface area contributed by atoms with Crippen LogP contribution in [0.1, 0.15) is 13.3 Å². The van der Waals surface area contributed by atoms with Crippen molar-refractivity contribution in [1.29, 1.82) is 0 Å². The summed E-state index contributed by atoms with van der Waals surface area (Å²) >= 11 is 0. The number of methoxy groups -OCH3 is 1. The van der Waals surface area contributed by atoms with E-state index in [1.165, 1.54) is 14.0 Å². The number of rotatable bonds is 38. The number of ether oxygens (including phenoxy) is 13. The van der Waals surface area contributed by atoms with Crippen molar-refractivity contribution >= 4 is 17.6 Å². The SMILES string of the molecule is COC(=O)CCOCCOCCOCCOCCOCCOCCOCCOCCOCCOCCOCCOc1ccc(NC(C)=O)cc1. The Morgan fingerprint density at radius 3 is 1.00 bits per heavy atom. The molecule has 290 valence electrons. The summed E-state index contributed by atoms with van der Waals surface area (Å²) in [6.07, 6.45) is 0.240. The van der Waals surface area contributed by atoms with Gasteiger partial charge in [-0.15, -0.1) is 0 Å². The highest BCUT2D eigenvalue weighted by molar-refractivity contribution is 5.88. The highest BCUT2D eigenvalue weighted by Gasteiger charge is 2.00. The molecule has 0 atom stereocenters. The number of carbonyl (C=O) groups is 2. The fraction of sp³-hybridized carbons (Fsp3) is 0.765. The molecule has 1 aromatic carbocycles. The van der Waals surface area contributed by atoms with Crippen molar-refractivity contribution in [3.8, 4) is 5.75 Å². The molecule has 0 spiro atoms. The van der Waals surface area contributed by atoms with Crippen LogP contribution in [0.2, 0.25) is 0 Å². The van der Waals surface area contributed by atoms with Crippen molar-refractivity contribution in [3.63, 3.8) is 0 Å². The number of anilines is 1. The maximum atomic E-state index is 11.0. The van der Waals surface area contributed by atoms with Crippen molar-refractivity contribution < 1.29 is 71.2 Å². The molecule has 0 unspecified atom stereocenters. The number of nitrogens with one attached hydrogen (secondary N) is 1. The van der Waals surface area contributed by atoms with E-state index in [-0.39, 0.29) is 18.3 Å². The van der Waals surface area contributed by atoms with E-state index in [0.29, 0.717) is 158 Å². The van der Waals surface area contributed by atoms with Crippen LogP contribution in [0.4, 0.5) is 5.69 Å². The minimum Gasteiger partial charge on any atom is -0.491 e. The first-order chi connectivity index (χ1) is 24.6. The Kier molecular flexibility index (Phi) is 33.1. The van der Waals surface area contributed by atoms with Crippen LogP contribution in [0.5, 0.6) is 5.75 Å². The molecule has 0 aliphatic rings. The average Bonchev–Trinajstić information content (AvgIpc) is 3.11. The minimum absolute atomic E-state index is 0.111. The summed E-state index contributed by atoms with van der Waals surface area (Å²) in [5.74, 6) is 0.312. The third kappa shape index (κ3) is 32.7. The summed E-state index contributed by atoms with van der Waals surface area (Å²) in [4.78, 5) is 22.0. The predicted molar refractivity (Wildman–Crippen MR) is 182 cm³/mol. The predicted octanol–water partition coefficient (Wildman–Crippen LogP) is 1.77. The summed E-state index contributed by atoms with van der Waals surface area (Å²) in [7, 11) is 1.35. The van der Waals surface area contributed by atoms with Crippen LogP contribution < -0.4 is 10.1 Å². The molecule has 16 heteroatoms. The zero-order chi connectivity index (χ0) is 36.0. The van der Waals surface area contributed by atoms with Crippen LogP contribution in [0.25, 0.3) is 0 Å². The molecule has 1 N–H and O–H groups in total. The van der Waals surface area contributed by atoms with E-state index in [9.17, 15) is 9.59 Å². The lowest BCUT2D eigenvalue weighted by Crippen LogP contribution is -2.15. The Bertz CT molecular complexity index is 894. The Hall–Kier alpha value is -2.48. The van der Waals surface area contributed by atoms with Gasteiger partial charge >= 0.3 is 5.97 Å². The van der Waals surface area contributed by atoms with Gasteiger partial charge in [-0.2, -0.15) is 0 Å². The average molecular weight is 722 g/mol. The van der Waals surface area contributed by atoms with Gasteiger partial charge in [0.2, 0.25) is 5.91 Å². The Labute approximate surface area is 296 Å². The third-order valence-electron chi connectivity index (χ3n) is 6.07. The molecule has 0 heterocycles. The second-order valence-electron chi connectivity index (χ2n) is 10.1. The molecule has 1 aromatic rings. The number of amides is 1. The van der Waals surface area contributed by atoms with Crippen molar-refractivity contribution in [2.45, 2.75) is 13.3 Å². The zero-order valence-electron chi connectivity index (χ0n) is 29.9. The highest BCUT2D eigenvalue weighted by Crippen LogP contribution is 2.15. The van der Waals surface area contributed by atoms with Crippen molar-refractivity contribution in [2.24, 2.45) is 0 Å². The van der Waals surface area contributed by atoms with Crippen LogP contribution in [-0.2, 0) is 66.4 Å². The molecule has 0 radical (unpaired) electrons. The molecule has 50 heavy (non-hydrogen) atoms. The molecule has 0 fully saturated rings. The molecule has 0 aromatic heterocycles. The van der Waals surface area contributed by atoms with Gasteiger partial charge in [0.05, 0.1) is 159 Å². The second kappa shape index (κ2) is 36.3. The lowest BCUT2D eigenvalue weighted by atomic mass is 10.3. The topological polar surface area (TPSA) is 166 Å². The first-order valence-electron chi connectivity index (χ1n) is 17.0. The van der Waals surface area contributed by atoms with Gasteiger partial charge in [-0.1, -0.05) is 0 Å². The lowest BCUT2D eigenvalue weighted by Gasteiger charge is -2.09. The lowest BCUT2D eigenvalue weighted by molar-refractivity contribution is -0.142. The Morgan fingerprint density at radius 1 is 0.440 bits per heavy atom. The van der Waals surface area contributed by atoms with Crippen molar-refractivity contribution in [1.82, 2.24) is 0 Å². The van der Waals surface area contributed by atoms with Crippen LogP contribution >= 0.6 is 0 Å². The molecule has 0 aliphatic carbocycles. The van der Waals surface area contributed by atoms with Gasteiger partial charge < -0.3 is 66.9 Å². The fourth-order valence-corrected chi connectivity index (χ4v) is 3.61. The number of hydrogen-bond acceptors (Lipinski definition) is 15. The molecular formula is C34H59NO15. The molecule has 0 saturated carbocycles. The number of esters is 1. The standard InChI is InChI=1S/C34H59NO15/c1-31(36)35-32-3-5-33(6-4-32)50-30-29-49-28-27-48-26-25-47-24-23-46-22-21-45-20-19-44-18-17-43-16-15-42-14-13-41-12-11-40-10-9-39-8-7-34(37)38-2/h3-6H,7-30H2,1-2H3,(H,35,36). The molecule has 0 saturated heterocycles. The zero-order valence-corrected chi connectivity index (χ0v) is 29.9. The molecule has 1 amide bonds. The van der Waals surface area contributed by atoms with Gasteiger partial charge in [0.1, 0.15) is 12.4 Å². The van der Waals surface area contributed by atoms with Gasteiger partial charge in [0.25, 0.3) is 0 Å². The quantitative estimate of drug-likeness (QED) is 0.0775. The second-order valence-corrected chi connectivity index (χ2v) is 10.1. The molecule has 1 rings (SSSR count). The highest BCUT2D eigenvalue weighted by atomic mass is 16.6. The van der Waals surface area contributed by atoms with Crippen molar-refractivity contribution in [3.05, 3.63) is 24.3 Å². The monoisotopic (exact) mass is 721 g/mol. The molecular weight excluding hydrogens is 662 g/mol. The maximum absolute atomic E-state index is 11.0. The van der Waals surface area contributed by atoms with E-state index in [2.05, 4.69) is 10.1 Å². The first-order valence-corrected chi connectivity index (χ1v) is 17.0. The largest absolute Gasteiger partial charge is 0.491 e. The van der Waals surface area contributed by atoms with E-state index in [0.717, 1.165) is 5.69 Å². The Morgan fingerprint density at radius 2 is 0.720 bits per heavy atom. The summed E-state index contributed by atoms with van der Waals surface area (Å²) in [6, 6.07) is 7.16. The smallest absolute Gasteiger partial charge is 0.307 e. The van der Waals surface area contributed by atoms with Gasteiger partial charge in [0, 0.05) is 12.6 Å². The number of benzene rings is 1. The van der Waals surface area contributed by atoms with Gasteiger partial charge in [-0.05, 0) is 24.3 Å². The van der Waals surface area contributed by atoms with E-state index in [1.807, 2.05) is 0 Å². The van der Waals surface area contributed by atoms with Crippen LogP contribution in [-0.4, -0.2) is 171 Å². The van der Waals surface area contributed by atoms with Gasteiger partial charge in [-0.25, -0.2) is 0 Å². The maximum Gasteiger partial charge on any atom is 0.307 e. The van der Waals surface area contributed by atoms with E-state index < -0.39 is 0 Å². The van der Waals surface area contributed by atoms with Crippen molar-refractivity contribution in [2.75, 3.05) is 164 Å².